The summed E-state index contributed by atoms with van der Waals surface area (Å²) in [5.74, 6) is 1.04. The smallest absolute Gasteiger partial charge is 0.223 e. The van der Waals surface area contributed by atoms with Gasteiger partial charge in [-0.15, -0.1) is 0 Å². The first kappa shape index (κ1) is 10.5. The summed E-state index contributed by atoms with van der Waals surface area (Å²) in [5, 5.41) is 3.03. The fraction of sp³-hybridized carbons (Fsp3) is 0.900. The Morgan fingerprint density at radius 1 is 1.62 bits per heavy atom. The average Bonchev–Trinajstić information content (AvgIpc) is 2.65. The molecule has 3 N–H and O–H groups in total. The van der Waals surface area contributed by atoms with E-state index in [9.17, 15) is 4.79 Å². The van der Waals surface area contributed by atoms with E-state index in [-0.39, 0.29) is 17.4 Å². The van der Waals surface area contributed by atoms with Crippen LogP contribution < -0.4 is 11.1 Å². The van der Waals surface area contributed by atoms with Crippen LogP contribution >= 0.6 is 0 Å². The van der Waals surface area contributed by atoms with Crippen molar-refractivity contribution in [3.8, 4) is 0 Å². The summed E-state index contributed by atoms with van der Waals surface area (Å²) in [7, 11) is 0. The molecule has 1 amide bonds. The Hall–Kier alpha value is -0.570. The van der Waals surface area contributed by atoms with Crippen LogP contribution in [0.3, 0.4) is 0 Å². The lowest BCUT2D eigenvalue weighted by Gasteiger charge is -2.25. The summed E-state index contributed by atoms with van der Waals surface area (Å²) in [5.41, 5.74) is 5.31. The molecule has 1 aliphatic carbocycles. The van der Waals surface area contributed by atoms with Crippen LogP contribution in [0.5, 0.6) is 0 Å². The minimum atomic E-state index is -0.145. The van der Waals surface area contributed by atoms with Crippen LogP contribution in [0.1, 0.15) is 33.6 Å². The van der Waals surface area contributed by atoms with Crippen molar-refractivity contribution in [2.45, 2.75) is 39.2 Å². The SMILES string of the molecule is CC1CC1C(=O)NC(C)(C)CCN. The van der Waals surface area contributed by atoms with Crippen LogP contribution in [0.25, 0.3) is 0 Å². The lowest BCUT2D eigenvalue weighted by Crippen LogP contribution is -2.45. The molecule has 3 nitrogen and oxygen atoms in total. The lowest BCUT2D eigenvalue weighted by atomic mass is 10.0. The molecule has 76 valence electrons. The zero-order valence-corrected chi connectivity index (χ0v) is 8.76. The topological polar surface area (TPSA) is 55.1 Å². The molecule has 0 aromatic rings. The maximum absolute atomic E-state index is 11.6. The van der Waals surface area contributed by atoms with E-state index in [1.54, 1.807) is 0 Å². The Morgan fingerprint density at radius 3 is 2.54 bits per heavy atom. The zero-order chi connectivity index (χ0) is 10.1. The molecule has 0 spiro atoms. The van der Waals surface area contributed by atoms with Crippen LogP contribution in [0.15, 0.2) is 0 Å². The number of nitrogens with one attached hydrogen (secondary N) is 1. The van der Waals surface area contributed by atoms with Crippen molar-refractivity contribution in [2.75, 3.05) is 6.54 Å². The number of carbonyl (C=O) groups excluding carboxylic acids is 1. The Labute approximate surface area is 80.1 Å². The van der Waals surface area contributed by atoms with Gasteiger partial charge in [-0.25, -0.2) is 0 Å². The maximum atomic E-state index is 11.6. The molecule has 1 fully saturated rings. The second-order valence-corrected chi connectivity index (χ2v) is 4.73. The average molecular weight is 184 g/mol. The summed E-state index contributed by atoms with van der Waals surface area (Å²) in [6.45, 7) is 6.77. The van der Waals surface area contributed by atoms with Crippen LogP contribution in [-0.4, -0.2) is 18.0 Å². The van der Waals surface area contributed by atoms with Gasteiger partial charge >= 0.3 is 0 Å². The van der Waals surface area contributed by atoms with E-state index in [2.05, 4.69) is 12.2 Å². The van der Waals surface area contributed by atoms with E-state index in [4.69, 9.17) is 5.73 Å². The summed E-state index contributed by atoms with van der Waals surface area (Å²) in [6.07, 6.45) is 1.88. The van der Waals surface area contributed by atoms with E-state index in [0.29, 0.717) is 12.5 Å². The van der Waals surface area contributed by atoms with Gasteiger partial charge in [0.15, 0.2) is 0 Å². The standard InChI is InChI=1S/C10H20N2O/c1-7-6-8(7)9(13)12-10(2,3)4-5-11/h7-8H,4-6,11H2,1-3H3,(H,12,13). The first-order chi connectivity index (χ1) is 5.96. The highest BCUT2D eigenvalue weighted by molar-refractivity contribution is 5.82. The molecule has 0 aliphatic heterocycles. The number of rotatable bonds is 4. The van der Waals surface area contributed by atoms with Crippen LogP contribution in [0.4, 0.5) is 0 Å². The summed E-state index contributed by atoms with van der Waals surface area (Å²) >= 11 is 0. The molecule has 0 aromatic carbocycles. The molecule has 1 rings (SSSR count). The molecule has 0 saturated heterocycles. The minimum absolute atomic E-state index is 0.145. The van der Waals surface area contributed by atoms with Crippen molar-refractivity contribution in [1.82, 2.24) is 5.32 Å². The van der Waals surface area contributed by atoms with E-state index in [1.165, 1.54) is 0 Å². The number of hydrogen-bond acceptors (Lipinski definition) is 2. The first-order valence-corrected chi connectivity index (χ1v) is 4.98. The molecule has 2 atom stereocenters. The molecular weight excluding hydrogens is 164 g/mol. The number of carbonyl (C=O) groups is 1. The largest absolute Gasteiger partial charge is 0.351 e. The number of nitrogens with two attached hydrogens (primary N) is 1. The lowest BCUT2D eigenvalue weighted by molar-refractivity contribution is -0.124. The van der Waals surface area contributed by atoms with Gasteiger partial charge in [-0.3, -0.25) is 4.79 Å². The highest BCUT2D eigenvalue weighted by atomic mass is 16.2. The fourth-order valence-corrected chi connectivity index (χ4v) is 1.54. The van der Waals surface area contributed by atoms with Crippen molar-refractivity contribution in [2.24, 2.45) is 17.6 Å². The predicted molar refractivity (Wildman–Crippen MR) is 53.2 cm³/mol. The molecule has 0 aromatic heterocycles. The molecule has 13 heavy (non-hydrogen) atoms. The van der Waals surface area contributed by atoms with Gasteiger partial charge in [-0.2, -0.15) is 0 Å². The first-order valence-electron chi connectivity index (χ1n) is 4.98. The van der Waals surface area contributed by atoms with Crippen molar-refractivity contribution in [3.63, 3.8) is 0 Å². The summed E-state index contributed by atoms with van der Waals surface area (Å²) in [6, 6.07) is 0. The fourth-order valence-electron chi connectivity index (χ4n) is 1.54. The van der Waals surface area contributed by atoms with E-state index in [0.717, 1.165) is 12.8 Å². The van der Waals surface area contributed by atoms with Gasteiger partial charge in [-0.1, -0.05) is 6.92 Å². The third kappa shape index (κ3) is 2.99. The van der Waals surface area contributed by atoms with E-state index >= 15 is 0 Å². The van der Waals surface area contributed by atoms with Gasteiger partial charge in [0.1, 0.15) is 0 Å². The Balaban J connectivity index is 2.34. The monoisotopic (exact) mass is 184 g/mol. The molecule has 1 saturated carbocycles. The second kappa shape index (κ2) is 3.66. The molecule has 3 heteroatoms. The third-order valence-electron chi connectivity index (χ3n) is 2.68. The van der Waals surface area contributed by atoms with Gasteiger partial charge in [0.25, 0.3) is 0 Å². The molecule has 1 aliphatic rings. The van der Waals surface area contributed by atoms with Crippen molar-refractivity contribution in [3.05, 3.63) is 0 Å². The predicted octanol–water partition coefficient (Wildman–Crippen LogP) is 0.886. The van der Waals surface area contributed by atoms with E-state index in [1.807, 2.05) is 13.8 Å². The van der Waals surface area contributed by atoms with E-state index < -0.39 is 0 Å². The van der Waals surface area contributed by atoms with Crippen molar-refractivity contribution < 1.29 is 4.79 Å². The van der Waals surface area contributed by atoms with Gasteiger partial charge in [0, 0.05) is 11.5 Å². The summed E-state index contributed by atoms with van der Waals surface area (Å²) in [4.78, 5) is 11.6. The molecule has 0 bridgehead atoms. The third-order valence-corrected chi connectivity index (χ3v) is 2.68. The zero-order valence-electron chi connectivity index (χ0n) is 8.76. The van der Waals surface area contributed by atoms with Gasteiger partial charge < -0.3 is 11.1 Å². The van der Waals surface area contributed by atoms with Gasteiger partial charge in [-0.05, 0) is 39.2 Å². The highest BCUT2D eigenvalue weighted by Crippen LogP contribution is 2.38. The normalized spacial score (nSPS) is 27.1. The van der Waals surface area contributed by atoms with Crippen LogP contribution in [0, 0.1) is 11.8 Å². The van der Waals surface area contributed by atoms with Gasteiger partial charge in [0.2, 0.25) is 5.91 Å². The quantitative estimate of drug-likeness (QED) is 0.681. The Kier molecular flexibility index (Phi) is 2.96. The highest BCUT2D eigenvalue weighted by Gasteiger charge is 2.40. The number of hydrogen-bond donors (Lipinski definition) is 2. The summed E-state index contributed by atoms with van der Waals surface area (Å²) < 4.78 is 0. The Morgan fingerprint density at radius 2 is 2.15 bits per heavy atom. The molecule has 2 unspecified atom stereocenters. The Bertz CT molecular complexity index is 201. The van der Waals surface area contributed by atoms with Crippen LogP contribution in [-0.2, 0) is 4.79 Å². The van der Waals surface area contributed by atoms with Gasteiger partial charge in [0.05, 0.1) is 0 Å². The molecule has 0 radical (unpaired) electrons. The maximum Gasteiger partial charge on any atom is 0.223 e. The van der Waals surface area contributed by atoms with Crippen molar-refractivity contribution in [1.29, 1.82) is 0 Å². The number of amides is 1. The molecule has 0 heterocycles. The van der Waals surface area contributed by atoms with Crippen molar-refractivity contribution >= 4 is 5.91 Å². The second-order valence-electron chi connectivity index (χ2n) is 4.73. The molecular formula is C10H20N2O. The minimum Gasteiger partial charge on any atom is -0.351 e. The van der Waals surface area contributed by atoms with Crippen LogP contribution in [0.2, 0.25) is 0 Å².